The fraction of sp³-hybridized carbons (Fsp3) is 0.500. The molecular weight excluding hydrogens is 230 g/mol. The molecule has 0 radical (unpaired) electrons. The van der Waals surface area contributed by atoms with Gasteiger partial charge in [0.1, 0.15) is 0 Å². The normalized spacial score (nSPS) is 21.7. The number of hydrogen-bond donors (Lipinski definition) is 2. The van der Waals surface area contributed by atoms with E-state index in [9.17, 15) is 15.0 Å². The van der Waals surface area contributed by atoms with Crippen LogP contribution in [-0.4, -0.2) is 40.2 Å². The van der Waals surface area contributed by atoms with Crippen LogP contribution in [0.1, 0.15) is 30.9 Å². The maximum atomic E-state index is 12.0. The zero-order valence-electron chi connectivity index (χ0n) is 10.3. The summed E-state index contributed by atoms with van der Waals surface area (Å²) in [5.41, 5.74) is 0.753. The number of aliphatic hydroxyl groups is 2. The maximum Gasteiger partial charge on any atom is 0.225 e. The SMILES string of the molecule is O=C(CC(O)c1ccccc1)N1CCCC(O)C1. The number of likely N-dealkylation sites (tertiary alicyclic amines) is 1. The van der Waals surface area contributed by atoms with Crippen LogP contribution in [0.25, 0.3) is 0 Å². The Hall–Kier alpha value is -1.39. The van der Waals surface area contributed by atoms with Crippen molar-refractivity contribution in [1.82, 2.24) is 4.90 Å². The number of carbonyl (C=O) groups excluding carboxylic acids is 1. The van der Waals surface area contributed by atoms with Gasteiger partial charge in [-0.25, -0.2) is 0 Å². The Morgan fingerprint density at radius 3 is 2.78 bits per heavy atom. The highest BCUT2D eigenvalue weighted by molar-refractivity contribution is 5.77. The Morgan fingerprint density at radius 2 is 2.11 bits per heavy atom. The highest BCUT2D eigenvalue weighted by Crippen LogP contribution is 2.19. The van der Waals surface area contributed by atoms with Crippen LogP contribution in [0.2, 0.25) is 0 Å². The molecule has 1 aromatic carbocycles. The molecule has 0 aromatic heterocycles. The highest BCUT2D eigenvalue weighted by Gasteiger charge is 2.24. The number of amides is 1. The number of hydrogen-bond acceptors (Lipinski definition) is 3. The van der Waals surface area contributed by atoms with Gasteiger partial charge in [-0.3, -0.25) is 4.79 Å². The van der Waals surface area contributed by atoms with Crippen molar-refractivity contribution in [2.75, 3.05) is 13.1 Å². The van der Waals surface area contributed by atoms with Gasteiger partial charge in [0, 0.05) is 13.1 Å². The van der Waals surface area contributed by atoms with E-state index in [2.05, 4.69) is 0 Å². The molecule has 1 aliphatic heterocycles. The first-order valence-electron chi connectivity index (χ1n) is 6.35. The third kappa shape index (κ3) is 3.31. The molecule has 4 heteroatoms. The molecule has 2 atom stereocenters. The molecular formula is C14H19NO3. The van der Waals surface area contributed by atoms with Crippen LogP contribution >= 0.6 is 0 Å². The largest absolute Gasteiger partial charge is 0.391 e. The van der Waals surface area contributed by atoms with Crippen molar-refractivity contribution in [2.45, 2.75) is 31.5 Å². The molecule has 1 aliphatic rings. The van der Waals surface area contributed by atoms with Crippen LogP contribution in [0.4, 0.5) is 0 Å². The lowest BCUT2D eigenvalue weighted by Gasteiger charge is -2.30. The third-order valence-corrected chi connectivity index (χ3v) is 3.30. The Balaban J connectivity index is 1.91. The molecule has 4 nitrogen and oxygen atoms in total. The van der Waals surface area contributed by atoms with Crippen LogP contribution in [0.3, 0.4) is 0 Å². The van der Waals surface area contributed by atoms with E-state index in [-0.39, 0.29) is 12.3 Å². The summed E-state index contributed by atoms with van der Waals surface area (Å²) in [6.45, 7) is 1.07. The van der Waals surface area contributed by atoms with E-state index in [4.69, 9.17) is 0 Å². The van der Waals surface area contributed by atoms with E-state index in [0.717, 1.165) is 18.4 Å². The van der Waals surface area contributed by atoms with Gasteiger partial charge in [0.15, 0.2) is 0 Å². The lowest BCUT2D eigenvalue weighted by Crippen LogP contribution is -2.42. The lowest BCUT2D eigenvalue weighted by molar-refractivity contribution is -0.136. The number of benzene rings is 1. The lowest BCUT2D eigenvalue weighted by atomic mass is 10.0. The van der Waals surface area contributed by atoms with Crippen LogP contribution in [0, 0.1) is 0 Å². The molecule has 0 saturated carbocycles. The predicted molar refractivity (Wildman–Crippen MR) is 67.8 cm³/mol. The van der Waals surface area contributed by atoms with Crippen molar-refractivity contribution in [3.05, 3.63) is 35.9 Å². The van der Waals surface area contributed by atoms with Gasteiger partial charge in [-0.2, -0.15) is 0 Å². The molecule has 1 heterocycles. The smallest absolute Gasteiger partial charge is 0.225 e. The summed E-state index contributed by atoms with van der Waals surface area (Å²) >= 11 is 0. The molecule has 0 bridgehead atoms. The monoisotopic (exact) mass is 249 g/mol. The van der Waals surface area contributed by atoms with Crippen molar-refractivity contribution in [2.24, 2.45) is 0 Å². The second-order valence-electron chi connectivity index (χ2n) is 4.77. The molecule has 0 aliphatic carbocycles. The summed E-state index contributed by atoms with van der Waals surface area (Å²) in [4.78, 5) is 13.6. The van der Waals surface area contributed by atoms with Gasteiger partial charge < -0.3 is 15.1 Å². The van der Waals surface area contributed by atoms with Gasteiger partial charge in [0.25, 0.3) is 0 Å². The molecule has 1 amide bonds. The second kappa shape index (κ2) is 5.98. The minimum absolute atomic E-state index is 0.0801. The van der Waals surface area contributed by atoms with Crippen molar-refractivity contribution in [3.8, 4) is 0 Å². The summed E-state index contributed by atoms with van der Waals surface area (Å²) in [5.74, 6) is -0.0925. The minimum Gasteiger partial charge on any atom is -0.391 e. The topological polar surface area (TPSA) is 60.8 Å². The van der Waals surface area contributed by atoms with E-state index in [1.54, 1.807) is 4.90 Å². The molecule has 1 saturated heterocycles. The number of carbonyl (C=O) groups is 1. The quantitative estimate of drug-likeness (QED) is 0.843. The first kappa shape index (κ1) is 13.1. The van der Waals surface area contributed by atoms with E-state index in [0.29, 0.717) is 13.1 Å². The molecule has 0 spiro atoms. The van der Waals surface area contributed by atoms with Crippen molar-refractivity contribution < 1.29 is 15.0 Å². The van der Waals surface area contributed by atoms with E-state index in [1.165, 1.54) is 0 Å². The van der Waals surface area contributed by atoms with Crippen molar-refractivity contribution >= 4 is 5.91 Å². The molecule has 2 N–H and O–H groups in total. The first-order valence-corrected chi connectivity index (χ1v) is 6.35. The number of aliphatic hydroxyl groups excluding tert-OH is 2. The first-order chi connectivity index (χ1) is 8.66. The number of piperidine rings is 1. The average molecular weight is 249 g/mol. The van der Waals surface area contributed by atoms with Crippen molar-refractivity contribution in [1.29, 1.82) is 0 Å². The van der Waals surface area contributed by atoms with Crippen LogP contribution in [0.15, 0.2) is 30.3 Å². The summed E-state index contributed by atoms with van der Waals surface area (Å²) in [5, 5.41) is 19.5. The highest BCUT2D eigenvalue weighted by atomic mass is 16.3. The average Bonchev–Trinajstić information content (AvgIpc) is 2.39. The van der Waals surface area contributed by atoms with Crippen molar-refractivity contribution in [3.63, 3.8) is 0 Å². The Labute approximate surface area is 107 Å². The Kier molecular flexibility index (Phi) is 4.33. The van der Waals surface area contributed by atoms with Gasteiger partial charge in [-0.1, -0.05) is 30.3 Å². The predicted octanol–water partition coefficient (Wildman–Crippen LogP) is 1.09. The van der Waals surface area contributed by atoms with Crippen LogP contribution in [-0.2, 0) is 4.79 Å². The molecule has 2 unspecified atom stereocenters. The molecule has 98 valence electrons. The van der Waals surface area contributed by atoms with Crippen LogP contribution in [0.5, 0.6) is 0 Å². The van der Waals surface area contributed by atoms with E-state index < -0.39 is 12.2 Å². The van der Waals surface area contributed by atoms with Gasteiger partial charge in [-0.05, 0) is 18.4 Å². The van der Waals surface area contributed by atoms with Gasteiger partial charge in [-0.15, -0.1) is 0 Å². The fourth-order valence-electron chi connectivity index (χ4n) is 2.27. The zero-order valence-corrected chi connectivity index (χ0v) is 10.3. The zero-order chi connectivity index (χ0) is 13.0. The summed E-state index contributed by atoms with van der Waals surface area (Å²) in [6, 6.07) is 9.17. The fourth-order valence-corrected chi connectivity index (χ4v) is 2.27. The second-order valence-corrected chi connectivity index (χ2v) is 4.77. The van der Waals surface area contributed by atoms with Crippen LogP contribution < -0.4 is 0 Å². The summed E-state index contributed by atoms with van der Waals surface area (Å²) in [7, 11) is 0. The minimum atomic E-state index is -0.766. The molecule has 2 rings (SSSR count). The van der Waals surface area contributed by atoms with E-state index in [1.807, 2.05) is 30.3 Å². The third-order valence-electron chi connectivity index (χ3n) is 3.30. The number of β-amino-alcohol motifs (C(OH)–C–C–N with tert-alkyl or cyclic N) is 1. The Morgan fingerprint density at radius 1 is 1.39 bits per heavy atom. The standard InChI is InChI=1S/C14H19NO3/c16-12-7-4-8-15(10-12)14(18)9-13(17)11-5-2-1-3-6-11/h1-3,5-6,12-13,16-17H,4,7-10H2. The maximum absolute atomic E-state index is 12.0. The molecule has 1 fully saturated rings. The molecule has 1 aromatic rings. The van der Waals surface area contributed by atoms with Gasteiger partial charge >= 0.3 is 0 Å². The van der Waals surface area contributed by atoms with E-state index >= 15 is 0 Å². The Bertz CT molecular complexity index is 393. The number of rotatable bonds is 3. The number of nitrogens with zero attached hydrogens (tertiary/aromatic N) is 1. The molecule has 18 heavy (non-hydrogen) atoms. The van der Waals surface area contributed by atoms with Gasteiger partial charge in [0.05, 0.1) is 18.6 Å². The summed E-state index contributed by atoms with van der Waals surface area (Å²) < 4.78 is 0. The summed E-state index contributed by atoms with van der Waals surface area (Å²) in [6.07, 6.45) is 0.477. The van der Waals surface area contributed by atoms with Gasteiger partial charge in [0.2, 0.25) is 5.91 Å².